The summed E-state index contributed by atoms with van der Waals surface area (Å²) < 4.78 is 21.3. The summed E-state index contributed by atoms with van der Waals surface area (Å²) in [4.78, 5) is 25.2. The second kappa shape index (κ2) is 8.98. The lowest BCUT2D eigenvalue weighted by atomic mass is 10.1. The zero-order valence-corrected chi connectivity index (χ0v) is 16.9. The van der Waals surface area contributed by atoms with Gasteiger partial charge in [-0.25, -0.2) is 4.79 Å². The highest BCUT2D eigenvalue weighted by Gasteiger charge is 2.26. The molecule has 1 N–H and O–H groups in total. The van der Waals surface area contributed by atoms with Crippen LogP contribution in [0.1, 0.15) is 23.0 Å². The zero-order valence-electron chi connectivity index (χ0n) is 16.2. The molecule has 0 fully saturated rings. The average Bonchev–Trinajstić information content (AvgIpc) is 3.07. The predicted octanol–water partition coefficient (Wildman–Crippen LogP) is 4.43. The van der Waals surface area contributed by atoms with Gasteiger partial charge in [0.25, 0.3) is 5.91 Å². The summed E-state index contributed by atoms with van der Waals surface area (Å²) in [5, 5.41) is 3.82. The van der Waals surface area contributed by atoms with Gasteiger partial charge in [-0.1, -0.05) is 29.8 Å². The smallest absolute Gasteiger partial charge is 0.375 e. The van der Waals surface area contributed by atoms with E-state index in [1.807, 2.05) is 12.1 Å². The third-order valence-electron chi connectivity index (χ3n) is 4.24. The fourth-order valence-electron chi connectivity index (χ4n) is 2.83. The molecule has 0 unspecified atom stereocenters. The number of carbonyl (C=O) groups excluding carboxylic acids is 2. The predicted molar refractivity (Wildman–Crippen MR) is 108 cm³/mol. The number of rotatable bonds is 7. The van der Waals surface area contributed by atoms with Crippen molar-refractivity contribution in [1.82, 2.24) is 0 Å². The van der Waals surface area contributed by atoms with Crippen LogP contribution in [0.5, 0.6) is 5.75 Å². The third kappa shape index (κ3) is 4.52. The van der Waals surface area contributed by atoms with Gasteiger partial charge in [-0.3, -0.25) is 4.79 Å². The van der Waals surface area contributed by atoms with Gasteiger partial charge >= 0.3 is 5.97 Å². The van der Waals surface area contributed by atoms with Crippen LogP contribution >= 0.6 is 11.6 Å². The van der Waals surface area contributed by atoms with E-state index in [4.69, 9.17) is 30.2 Å². The minimum atomic E-state index is -1.09. The summed E-state index contributed by atoms with van der Waals surface area (Å²) in [5.74, 6) is -0.855. The van der Waals surface area contributed by atoms with Crippen LogP contribution in [-0.2, 0) is 20.9 Å². The number of hydrogen-bond acceptors (Lipinski definition) is 6. The summed E-state index contributed by atoms with van der Waals surface area (Å²) in [6.07, 6.45) is -1.09. The zero-order chi connectivity index (χ0) is 21.0. The molecule has 0 radical (unpaired) electrons. The maximum absolute atomic E-state index is 12.7. The normalized spacial score (nSPS) is 11.9. The highest BCUT2D eigenvalue weighted by atomic mass is 35.5. The quantitative estimate of drug-likeness (QED) is 0.572. The Balaban J connectivity index is 1.77. The fourth-order valence-corrected chi connectivity index (χ4v) is 3.00. The number of para-hydroxylation sites is 1. The van der Waals surface area contributed by atoms with Crippen molar-refractivity contribution in [2.75, 3.05) is 19.5 Å². The molecule has 0 spiro atoms. The molecule has 1 aromatic heterocycles. The number of hydrogen-bond donors (Lipinski definition) is 1. The van der Waals surface area contributed by atoms with Crippen molar-refractivity contribution >= 4 is 40.1 Å². The van der Waals surface area contributed by atoms with Crippen molar-refractivity contribution in [2.45, 2.75) is 19.6 Å². The summed E-state index contributed by atoms with van der Waals surface area (Å²) in [7, 11) is 2.99. The molecule has 0 bridgehead atoms. The number of esters is 1. The van der Waals surface area contributed by atoms with E-state index in [0.29, 0.717) is 27.6 Å². The number of furan rings is 1. The maximum atomic E-state index is 12.7. The van der Waals surface area contributed by atoms with Crippen LogP contribution in [0.3, 0.4) is 0 Å². The lowest BCUT2D eigenvalue weighted by molar-refractivity contribution is -0.123. The Labute approximate surface area is 172 Å². The number of nitrogens with one attached hydrogen (secondary N) is 1. The van der Waals surface area contributed by atoms with Gasteiger partial charge in [0.2, 0.25) is 5.76 Å². The van der Waals surface area contributed by atoms with Crippen LogP contribution in [0.25, 0.3) is 11.0 Å². The first-order valence-corrected chi connectivity index (χ1v) is 9.17. The second-order valence-electron chi connectivity index (χ2n) is 6.22. The molecule has 152 valence electrons. The first kappa shape index (κ1) is 20.7. The minimum absolute atomic E-state index is 0.00744. The monoisotopic (exact) mass is 417 g/mol. The Bertz CT molecular complexity index is 1040. The molecule has 29 heavy (non-hydrogen) atoms. The maximum Gasteiger partial charge on any atom is 0.375 e. The molecule has 2 aromatic carbocycles. The molecule has 0 aliphatic heterocycles. The molecule has 0 aliphatic rings. The molecule has 8 heteroatoms. The topological polar surface area (TPSA) is 87.0 Å². The van der Waals surface area contributed by atoms with Gasteiger partial charge in [0.15, 0.2) is 6.10 Å². The van der Waals surface area contributed by atoms with Crippen LogP contribution in [0.2, 0.25) is 5.02 Å². The van der Waals surface area contributed by atoms with Gasteiger partial charge in [0.05, 0.1) is 19.4 Å². The van der Waals surface area contributed by atoms with Crippen molar-refractivity contribution in [2.24, 2.45) is 0 Å². The summed E-state index contributed by atoms with van der Waals surface area (Å²) in [6.45, 7) is 1.63. The van der Waals surface area contributed by atoms with Crippen LogP contribution in [0, 0.1) is 0 Å². The number of amides is 1. The van der Waals surface area contributed by atoms with Gasteiger partial charge in [-0.2, -0.15) is 0 Å². The molecule has 3 rings (SSSR count). The summed E-state index contributed by atoms with van der Waals surface area (Å²) in [6, 6.07) is 12.0. The molecular formula is C21H20ClNO6. The molecule has 3 aromatic rings. The van der Waals surface area contributed by atoms with Crippen LogP contribution in [-0.4, -0.2) is 32.2 Å². The number of halogens is 1. The van der Waals surface area contributed by atoms with Gasteiger partial charge in [0.1, 0.15) is 11.3 Å². The number of methoxy groups -OCH3 is 2. The van der Waals surface area contributed by atoms with Crippen LogP contribution in [0.4, 0.5) is 5.69 Å². The molecule has 7 nitrogen and oxygen atoms in total. The second-order valence-corrected chi connectivity index (χ2v) is 6.66. The lowest BCUT2D eigenvalue weighted by Crippen LogP contribution is -2.30. The number of fused-ring (bicyclic) bond motifs is 1. The van der Waals surface area contributed by atoms with Crippen LogP contribution < -0.4 is 10.1 Å². The van der Waals surface area contributed by atoms with Gasteiger partial charge in [0, 0.05) is 23.1 Å². The Kier molecular flexibility index (Phi) is 6.41. The lowest BCUT2D eigenvalue weighted by Gasteiger charge is -2.15. The van der Waals surface area contributed by atoms with Gasteiger partial charge in [-0.05, 0) is 31.2 Å². The molecule has 1 heterocycles. The van der Waals surface area contributed by atoms with Gasteiger partial charge in [-0.15, -0.1) is 0 Å². The standard InChI is InChI=1S/C21H20ClNO6/c1-12(20(24)23-16-10-13(22)8-9-18(16)27-3)28-21(25)19-15(11-26-2)14-6-4-5-7-17(14)29-19/h4-10,12H,11H2,1-3H3,(H,23,24)/t12-/m0/s1. The van der Waals surface area contributed by atoms with E-state index >= 15 is 0 Å². The highest BCUT2D eigenvalue weighted by Crippen LogP contribution is 2.29. The van der Waals surface area contributed by atoms with E-state index in [2.05, 4.69) is 5.32 Å². The van der Waals surface area contributed by atoms with Crippen LogP contribution in [0.15, 0.2) is 46.9 Å². The van der Waals surface area contributed by atoms with E-state index in [0.717, 1.165) is 5.39 Å². The van der Waals surface area contributed by atoms with E-state index in [-0.39, 0.29) is 12.4 Å². The number of anilines is 1. The van der Waals surface area contributed by atoms with E-state index in [9.17, 15) is 9.59 Å². The number of carbonyl (C=O) groups is 2. The van der Waals surface area contributed by atoms with Crippen molar-refractivity contribution in [1.29, 1.82) is 0 Å². The molecule has 0 saturated carbocycles. The first-order valence-electron chi connectivity index (χ1n) is 8.79. The van der Waals surface area contributed by atoms with Crippen molar-refractivity contribution in [3.8, 4) is 5.75 Å². The van der Waals surface area contributed by atoms with Crippen molar-refractivity contribution in [3.05, 3.63) is 58.8 Å². The Morgan fingerprint density at radius 2 is 1.93 bits per heavy atom. The van der Waals surface area contributed by atoms with Gasteiger partial charge < -0.3 is 23.9 Å². The highest BCUT2D eigenvalue weighted by molar-refractivity contribution is 6.31. The number of benzene rings is 2. The summed E-state index contributed by atoms with van der Waals surface area (Å²) >= 11 is 5.97. The Hall–Kier alpha value is -3.03. The fraction of sp³-hybridized carbons (Fsp3) is 0.238. The van der Waals surface area contributed by atoms with Crippen molar-refractivity contribution < 1.29 is 28.2 Å². The SMILES string of the molecule is COCc1c(C(=O)O[C@@H](C)C(=O)Nc2cc(Cl)ccc2OC)oc2ccccc12. The minimum Gasteiger partial charge on any atom is -0.495 e. The molecular weight excluding hydrogens is 398 g/mol. The van der Waals surface area contributed by atoms with E-state index < -0.39 is 18.0 Å². The average molecular weight is 418 g/mol. The molecule has 0 aliphatic carbocycles. The third-order valence-corrected chi connectivity index (χ3v) is 4.48. The van der Waals surface area contributed by atoms with Crippen molar-refractivity contribution in [3.63, 3.8) is 0 Å². The molecule has 0 saturated heterocycles. The molecule has 1 atom stereocenters. The van der Waals surface area contributed by atoms with E-state index in [1.54, 1.807) is 30.3 Å². The number of ether oxygens (including phenoxy) is 3. The largest absolute Gasteiger partial charge is 0.495 e. The Morgan fingerprint density at radius 1 is 1.17 bits per heavy atom. The Morgan fingerprint density at radius 3 is 2.66 bits per heavy atom. The van der Waals surface area contributed by atoms with E-state index in [1.165, 1.54) is 21.1 Å². The summed E-state index contributed by atoms with van der Waals surface area (Å²) in [5.41, 5.74) is 1.47. The molecule has 1 amide bonds. The first-order chi connectivity index (χ1) is 13.9.